The van der Waals surface area contributed by atoms with Gasteiger partial charge in [0.05, 0.1) is 0 Å². The molecule has 1 heterocycles. The van der Waals surface area contributed by atoms with Crippen molar-refractivity contribution >= 4 is 11.7 Å². The van der Waals surface area contributed by atoms with Gasteiger partial charge in [-0.15, -0.1) is 0 Å². The lowest BCUT2D eigenvalue weighted by Crippen LogP contribution is -2.30. The Morgan fingerprint density at radius 3 is 2.46 bits per heavy atom. The van der Waals surface area contributed by atoms with E-state index in [-0.39, 0.29) is 23.5 Å². The summed E-state index contributed by atoms with van der Waals surface area (Å²) < 4.78 is 13.2. The average molecular weight is 380 g/mol. The number of nitrogens with two attached hydrogens (primary N) is 1. The van der Waals surface area contributed by atoms with Crippen molar-refractivity contribution in [3.8, 4) is 11.1 Å². The van der Waals surface area contributed by atoms with Crippen molar-refractivity contribution in [2.24, 2.45) is 17.1 Å². The SMILES string of the molecule is C[C@](CC(N)=O)(CC(=O)c1ccc(C2CC2)c(-c2ccc(F)nc2)c1)C1CC1. The Bertz CT molecular complexity index is 917. The molecule has 0 aliphatic heterocycles. The zero-order valence-electron chi connectivity index (χ0n) is 16.1. The third-order valence-corrected chi connectivity index (χ3v) is 6.14. The van der Waals surface area contributed by atoms with Gasteiger partial charge in [0.15, 0.2) is 5.78 Å². The maximum Gasteiger partial charge on any atom is 0.217 e. The van der Waals surface area contributed by atoms with E-state index in [1.165, 1.54) is 17.8 Å². The van der Waals surface area contributed by atoms with E-state index in [1.54, 1.807) is 6.07 Å². The summed E-state index contributed by atoms with van der Waals surface area (Å²) in [4.78, 5) is 28.4. The summed E-state index contributed by atoms with van der Waals surface area (Å²) in [6.07, 6.45) is 6.42. The van der Waals surface area contributed by atoms with Gasteiger partial charge in [0.1, 0.15) is 0 Å². The molecule has 2 aliphatic rings. The number of aromatic nitrogens is 1. The van der Waals surface area contributed by atoms with Crippen LogP contribution in [0, 0.1) is 17.3 Å². The number of primary amides is 1. The van der Waals surface area contributed by atoms with Crippen molar-refractivity contribution in [3.63, 3.8) is 0 Å². The van der Waals surface area contributed by atoms with E-state index < -0.39 is 5.95 Å². The highest BCUT2D eigenvalue weighted by Gasteiger charge is 2.43. The summed E-state index contributed by atoms with van der Waals surface area (Å²) in [6, 6.07) is 8.86. The summed E-state index contributed by atoms with van der Waals surface area (Å²) in [5.74, 6) is 0.0283. The Hall–Kier alpha value is -2.56. The van der Waals surface area contributed by atoms with Gasteiger partial charge >= 0.3 is 0 Å². The largest absolute Gasteiger partial charge is 0.370 e. The third kappa shape index (κ3) is 3.98. The van der Waals surface area contributed by atoms with Crippen molar-refractivity contribution in [1.82, 2.24) is 4.98 Å². The molecule has 4 rings (SSSR count). The number of Topliss-reactive ketones (excluding diaryl/α,β-unsaturated/α-hetero) is 1. The molecule has 2 aromatic rings. The van der Waals surface area contributed by atoms with Crippen LogP contribution in [-0.4, -0.2) is 16.7 Å². The average Bonchev–Trinajstić information content (AvgIpc) is 3.54. The molecule has 2 saturated carbocycles. The lowest BCUT2D eigenvalue weighted by atomic mass is 9.76. The minimum Gasteiger partial charge on any atom is -0.370 e. The van der Waals surface area contributed by atoms with Crippen LogP contribution in [0.25, 0.3) is 11.1 Å². The van der Waals surface area contributed by atoms with Crippen molar-refractivity contribution in [2.75, 3.05) is 0 Å². The molecule has 0 saturated heterocycles. The predicted molar refractivity (Wildman–Crippen MR) is 105 cm³/mol. The zero-order valence-corrected chi connectivity index (χ0v) is 16.1. The van der Waals surface area contributed by atoms with Crippen molar-refractivity contribution < 1.29 is 14.0 Å². The number of amides is 1. The third-order valence-electron chi connectivity index (χ3n) is 6.14. The molecule has 0 bridgehead atoms. The first-order chi connectivity index (χ1) is 13.4. The molecule has 0 spiro atoms. The highest BCUT2D eigenvalue weighted by Crippen LogP contribution is 2.50. The lowest BCUT2D eigenvalue weighted by Gasteiger charge is -2.27. The number of hydrogen-bond acceptors (Lipinski definition) is 3. The molecule has 1 aromatic heterocycles. The Labute approximate surface area is 164 Å². The Morgan fingerprint density at radius 2 is 1.89 bits per heavy atom. The van der Waals surface area contributed by atoms with Crippen LogP contribution in [-0.2, 0) is 4.79 Å². The zero-order chi connectivity index (χ0) is 19.9. The van der Waals surface area contributed by atoms with Crippen LogP contribution in [0.1, 0.15) is 67.3 Å². The van der Waals surface area contributed by atoms with Crippen LogP contribution in [0.5, 0.6) is 0 Å². The van der Waals surface area contributed by atoms with E-state index in [0.717, 1.165) is 36.8 Å². The molecule has 2 N–H and O–H groups in total. The summed E-state index contributed by atoms with van der Waals surface area (Å²) in [5.41, 5.74) is 8.64. The number of pyridine rings is 1. The summed E-state index contributed by atoms with van der Waals surface area (Å²) in [6.45, 7) is 2.00. The lowest BCUT2D eigenvalue weighted by molar-refractivity contribution is -0.120. The number of halogens is 1. The number of rotatable bonds is 8. The Balaban J connectivity index is 1.64. The molecule has 0 radical (unpaired) electrons. The van der Waals surface area contributed by atoms with E-state index in [1.807, 2.05) is 25.1 Å². The minimum atomic E-state index is -0.518. The van der Waals surface area contributed by atoms with Crippen LogP contribution in [0.3, 0.4) is 0 Å². The molecule has 28 heavy (non-hydrogen) atoms. The van der Waals surface area contributed by atoms with E-state index in [0.29, 0.717) is 23.8 Å². The highest BCUT2D eigenvalue weighted by atomic mass is 19.1. The highest BCUT2D eigenvalue weighted by molar-refractivity contribution is 5.98. The van der Waals surface area contributed by atoms with Crippen molar-refractivity contribution in [1.29, 1.82) is 0 Å². The molecule has 1 atom stereocenters. The van der Waals surface area contributed by atoms with Crippen LogP contribution in [0.4, 0.5) is 4.39 Å². The molecule has 5 heteroatoms. The summed E-state index contributed by atoms with van der Waals surface area (Å²) >= 11 is 0. The number of hydrogen-bond donors (Lipinski definition) is 1. The molecular formula is C23H25FN2O2. The van der Waals surface area contributed by atoms with Crippen molar-refractivity contribution in [2.45, 2.75) is 51.4 Å². The normalized spacial score (nSPS) is 18.5. The summed E-state index contributed by atoms with van der Waals surface area (Å²) in [5, 5.41) is 0. The molecule has 146 valence electrons. The number of carbonyl (C=O) groups is 2. The van der Waals surface area contributed by atoms with Gasteiger partial charge in [-0.1, -0.05) is 19.1 Å². The second-order valence-corrected chi connectivity index (χ2v) is 8.62. The molecule has 1 aromatic carbocycles. The van der Waals surface area contributed by atoms with E-state index >= 15 is 0 Å². The second kappa shape index (κ2) is 7.12. The van der Waals surface area contributed by atoms with Gasteiger partial charge < -0.3 is 5.73 Å². The number of nitrogens with zero attached hydrogens (tertiary/aromatic N) is 1. The van der Waals surface area contributed by atoms with Gasteiger partial charge in [-0.3, -0.25) is 9.59 Å². The van der Waals surface area contributed by atoms with Crippen LogP contribution in [0.15, 0.2) is 36.5 Å². The van der Waals surface area contributed by atoms with E-state index in [9.17, 15) is 14.0 Å². The minimum absolute atomic E-state index is 0.0225. The van der Waals surface area contributed by atoms with Gasteiger partial charge in [-0.25, -0.2) is 4.98 Å². The molecule has 4 nitrogen and oxygen atoms in total. The first-order valence-electron chi connectivity index (χ1n) is 9.93. The monoisotopic (exact) mass is 380 g/mol. The number of carbonyl (C=O) groups excluding carboxylic acids is 2. The fourth-order valence-electron chi connectivity index (χ4n) is 4.26. The first-order valence-corrected chi connectivity index (χ1v) is 9.93. The molecule has 2 fully saturated rings. The van der Waals surface area contributed by atoms with Gasteiger partial charge in [-0.2, -0.15) is 4.39 Å². The van der Waals surface area contributed by atoms with Crippen LogP contribution < -0.4 is 5.73 Å². The van der Waals surface area contributed by atoms with E-state index in [2.05, 4.69) is 4.98 Å². The summed E-state index contributed by atoms with van der Waals surface area (Å²) in [7, 11) is 0. The van der Waals surface area contributed by atoms with Crippen LogP contribution in [0.2, 0.25) is 0 Å². The maximum absolute atomic E-state index is 13.2. The second-order valence-electron chi connectivity index (χ2n) is 8.62. The smallest absolute Gasteiger partial charge is 0.217 e. The molecular weight excluding hydrogens is 355 g/mol. The fraction of sp³-hybridized carbons (Fsp3) is 0.435. The fourth-order valence-corrected chi connectivity index (χ4v) is 4.26. The van der Waals surface area contributed by atoms with Gasteiger partial charge in [0.2, 0.25) is 11.9 Å². The number of ketones is 1. The quantitative estimate of drug-likeness (QED) is 0.536. The van der Waals surface area contributed by atoms with Crippen LogP contribution >= 0.6 is 0 Å². The topological polar surface area (TPSA) is 73.1 Å². The molecule has 0 unspecified atom stereocenters. The van der Waals surface area contributed by atoms with Gasteiger partial charge in [0, 0.05) is 30.2 Å². The predicted octanol–water partition coefficient (Wildman–Crippen LogP) is 4.63. The number of benzene rings is 1. The van der Waals surface area contributed by atoms with Gasteiger partial charge in [0.25, 0.3) is 0 Å². The van der Waals surface area contributed by atoms with E-state index in [4.69, 9.17) is 5.73 Å². The Kier molecular flexibility index (Phi) is 4.77. The molecule has 1 amide bonds. The molecule has 2 aliphatic carbocycles. The first kappa shape index (κ1) is 18.8. The Morgan fingerprint density at radius 1 is 1.14 bits per heavy atom. The van der Waals surface area contributed by atoms with Crippen molar-refractivity contribution in [3.05, 3.63) is 53.6 Å². The standard InChI is InChI=1S/C23H25FN2O2/c1-23(12-22(25)28,17-6-7-17)11-20(27)15-4-8-18(14-2-3-14)19(10-15)16-5-9-21(24)26-13-16/h4-5,8-10,13-14,17H,2-3,6-7,11-12H2,1H3,(H2,25,28)/t23-/m1/s1. The maximum atomic E-state index is 13.2. The van der Waals surface area contributed by atoms with Gasteiger partial charge in [-0.05, 0) is 72.3 Å².